The SMILES string of the molecule is CC1Sc2ccc(C(=O)NC3CC(C)(C)NC(C)(C)C3)cc2NC1=O. The Labute approximate surface area is 153 Å². The maximum Gasteiger partial charge on any atom is 0.251 e. The molecule has 1 fully saturated rings. The Hall–Kier alpha value is -1.53. The summed E-state index contributed by atoms with van der Waals surface area (Å²) < 4.78 is 0. The molecule has 1 saturated heterocycles. The molecule has 0 aromatic heterocycles. The zero-order valence-electron chi connectivity index (χ0n) is 15.5. The molecule has 1 aromatic rings. The van der Waals surface area contributed by atoms with Crippen molar-refractivity contribution in [3.63, 3.8) is 0 Å². The molecule has 5 nitrogen and oxygen atoms in total. The summed E-state index contributed by atoms with van der Waals surface area (Å²) >= 11 is 1.52. The van der Waals surface area contributed by atoms with E-state index >= 15 is 0 Å². The summed E-state index contributed by atoms with van der Waals surface area (Å²) in [6, 6.07) is 5.65. The second-order valence-electron chi connectivity index (χ2n) is 8.43. The van der Waals surface area contributed by atoms with Gasteiger partial charge in [0.25, 0.3) is 5.91 Å². The molecule has 0 radical (unpaired) electrons. The zero-order chi connectivity index (χ0) is 18.4. The highest BCUT2D eigenvalue weighted by Gasteiger charge is 2.38. The van der Waals surface area contributed by atoms with Gasteiger partial charge in [-0.3, -0.25) is 9.59 Å². The lowest BCUT2D eigenvalue weighted by Gasteiger charge is -2.46. The predicted molar refractivity (Wildman–Crippen MR) is 102 cm³/mol. The van der Waals surface area contributed by atoms with Gasteiger partial charge in [0.1, 0.15) is 0 Å². The molecule has 0 spiro atoms. The summed E-state index contributed by atoms with van der Waals surface area (Å²) in [4.78, 5) is 25.6. The number of fused-ring (bicyclic) bond motifs is 1. The van der Waals surface area contributed by atoms with Gasteiger partial charge in [0.15, 0.2) is 0 Å². The molecule has 0 bridgehead atoms. The van der Waals surface area contributed by atoms with Gasteiger partial charge in [-0.1, -0.05) is 0 Å². The first-order valence-corrected chi connectivity index (χ1v) is 9.64. The van der Waals surface area contributed by atoms with Gasteiger partial charge in [-0.15, -0.1) is 11.8 Å². The number of carbonyl (C=O) groups excluding carboxylic acids is 2. The lowest BCUT2D eigenvalue weighted by Crippen LogP contribution is -2.62. The van der Waals surface area contributed by atoms with E-state index in [0.29, 0.717) is 5.56 Å². The van der Waals surface area contributed by atoms with Crippen LogP contribution in [-0.2, 0) is 4.79 Å². The summed E-state index contributed by atoms with van der Waals surface area (Å²) in [6.07, 6.45) is 1.77. The van der Waals surface area contributed by atoms with Gasteiger partial charge in [-0.05, 0) is 65.7 Å². The molecule has 3 rings (SSSR count). The zero-order valence-corrected chi connectivity index (χ0v) is 16.3. The van der Waals surface area contributed by atoms with E-state index in [1.807, 2.05) is 19.1 Å². The van der Waals surface area contributed by atoms with Crippen LogP contribution in [0.3, 0.4) is 0 Å². The van der Waals surface area contributed by atoms with Crippen molar-refractivity contribution < 1.29 is 9.59 Å². The van der Waals surface area contributed by atoms with Crippen LogP contribution in [0.15, 0.2) is 23.1 Å². The summed E-state index contributed by atoms with van der Waals surface area (Å²) in [5.74, 6) is -0.101. The monoisotopic (exact) mass is 361 g/mol. The van der Waals surface area contributed by atoms with Crippen molar-refractivity contribution in [2.45, 2.75) is 74.7 Å². The van der Waals surface area contributed by atoms with Crippen LogP contribution in [0.5, 0.6) is 0 Å². The summed E-state index contributed by atoms with van der Waals surface area (Å²) in [7, 11) is 0. The van der Waals surface area contributed by atoms with Crippen LogP contribution >= 0.6 is 11.8 Å². The number of carbonyl (C=O) groups is 2. The summed E-state index contributed by atoms with van der Waals surface area (Å²) in [6.45, 7) is 10.5. The molecule has 2 amide bonds. The third kappa shape index (κ3) is 4.18. The minimum absolute atomic E-state index is 0.0167. The fourth-order valence-corrected chi connectivity index (χ4v) is 4.97. The maximum atomic E-state index is 12.7. The minimum Gasteiger partial charge on any atom is -0.349 e. The fraction of sp³-hybridized carbons (Fsp3) is 0.579. The van der Waals surface area contributed by atoms with Crippen molar-refractivity contribution in [1.82, 2.24) is 10.6 Å². The molecule has 0 saturated carbocycles. The number of piperidine rings is 1. The smallest absolute Gasteiger partial charge is 0.251 e. The van der Waals surface area contributed by atoms with Gasteiger partial charge in [0.05, 0.1) is 10.9 Å². The van der Waals surface area contributed by atoms with Crippen LogP contribution in [0, 0.1) is 0 Å². The van der Waals surface area contributed by atoms with Crippen LogP contribution in [0.1, 0.15) is 57.8 Å². The number of hydrogen-bond acceptors (Lipinski definition) is 4. The Kier molecular flexibility index (Phi) is 4.62. The molecular weight excluding hydrogens is 334 g/mol. The van der Waals surface area contributed by atoms with E-state index in [2.05, 4.69) is 43.6 Å². The molecule has 136 valence electrons. The molecule has 1 atom stereocenters. The van der Waals surface area contributed by atoms with Crippen molar-refractivity contribution in [3.8, 4) is 0 Å². The average molecular weight is 362 g/mol. The molecule has 3 N–H and O–H groups in total. The fourth-order valence-electron chi connectivity index (χ4n) is 4.04. The Morgan fingerprint density at radius 2 is 1.84 bits per heavy atom. The van der Waals surface area contributed by atoms with Crippen molar-refractivity contribution in [1.29, 1.82) is 0 Å². The molecular formula is C19H27N3O2S. The van der Waals surface area contributed by atoms with Gasteiger partial charge >= 0.3 is 0 Å². The molecule has 2 aliphatic heterocycles. The van der Waals surface area contributed by atoms with Gasteiger partial charge < -0.3 is 16.0 Å². The van der Waals surface area contributed by atoms with Gasteiger partial charge in [0.2, 0.25) is 5.91 Å². The molecule has 1 aromatic carbocycles. The van der Waals surface area contributed by atoms with Crippen LogP contribution in [0.25, 0.3) is 0 Å². The van der Waals surface area contributed by atoms with E-state index in [1.165, 1.54) is 11.8 Å². The normalized spacial score (nSPS) is 25.0. The third-order valence-corrected chi connectivity index (χ3v) is 5.88. The molecule has 2 heterocycles. The quantitative estimate of drug-likeness (QED) is 0.757. The number of benzene rings is 1. The second-order valence-corrected chi connectivity index (χ2v) is 9.81. The lowest BCUT2D eigenvalue weighted by molar-refractivity contribution is -0.115. The Morgan fingerprint density at radius 3 is 2.48 bits per heavy atom. The predicted octanol–water partition coefficient (Wildman–Crippen LogP) is 3.16. The van der Waals surface area contributed by atoms with E-state index in [1.54, 1.807) is 6.07 Å². The number of amides is 2. The number of hydrogen-bond donors (Lipinski definition) is 3. The molecule has 1 unspecified atom stereocenters. The summed E-state index contributed by atoms with van der Waals surface area (Å²) in [5.41, 5.74) is 1.28. The first-order chi connectivity index (χ1) is 11.5. The van der Waals surface area contributed by atoms with Crippen LogP contribution in [-0.4, -0.2) is 34.2 Å². The Morgan fingerprint density at radius 1 is 1.20 bits per heavy atom. The second kappa shape index (κ2) is 6.32. The van der Waals surface area contributed by atoms with Crippen molar-refractivity contribution in [3.05, 3.63) is 23.8 Å². The average Bonchev–Trinajstić information content (AvgIpc) is 2.44. The van der Waals surface area contributed by atoms with Crippen molar-refractivity contribution in [2.24, 2.45) is 0 Å². The maximum absolute atomic E-state index is 12.7. The van der Waals surface area contributed by atoms with Crippen molar-refractivity contribution in [2.75, 3.05) is 5.32 Å². The molecule has 25 heavy (non-hydrogen) atoms. The Bertz CT molecular complexity index is 699. The number of rotatable bonds is 2. The van der Waals surface area contributed by atoms with Gasteiger partial charge in [-0.25, -0.2) is 0 Å². The van der Waals surface area contributed by atoms with Crippen LogP contribution in [0.2, 0.25) is 0 Å². The third-order valence-electron chi connectivity index (χ3n) is 4.70. The highest BCUT2D eigenvalue weighted by atomic mass is 32.2. The van der Waals surface area contributed by atoms with E-state index < -0.39 is 0 Å². The first-order valence-electron chi connectivity index (χ1n) is 8.76. The standard InChI is InChI=1S/C19H27N3O2S/c1-11-16(23)21-14-8-12(6-7-15(14)25-11)17(24)20-13-9-18(2,3)22-19(4,5)10-13/h6-8,11,13,22H,9-10H2,1-5H3,(H,20,24)(H,21,23). The van der Waals surface area contributed by atoms with Crippen LogP contribution in [0.4, 0.5) is 5.69 Å². The van der Waals surface area contributed by atoms with E-state index in [0.717, 1.165) is 23.4 Å². The molecule has 6 heteroatoms. The Balaban J connectivity index is 1.74. The lowest BCUT2D eigenvalue weighted by atomic mass is 9.79. The number of anilines is 1. The molecule has 0 aliphatic carbocycles. The first kappa shape index (κ1) is 18.3. The minimum atomic E-state index is -0.105. The number of nitrogens with one attached hydrogen (secondary N) is 3. The highest BCUT2D eigenvalue weighted by Crippen LogP contribution is 2.36. The highest BCUT2D eigenvalue weighted by molar-refractivity contribution is 8.00. The topological polar surface area (TPSA) is 70.2 Å². The largest absolute Gasteiger partial charge is 0.349 e. The van der Waals surface area contributed by atoms with Gasteiger partial charge in [-0.2, -0.15) is 0 Å². The van der Waals surface area contributed by atoms with Gasteiger partial charge in [0, 0.05) is 27.6 Å². The summed E-state index contributed by atoms with van der Waals surface area (Å²) in [5, 5.41) is 9.58. The molecule has 2 aliphatic rings. The van der Waals surface area contributed by atoms with E-state index in [4.69, 9.17) is 0 Å². The van der Waals surface area contributed by atoms with E-state index in [9.17, 15) is 9.59 Å². The van der Waals surface area contributed by atoms with E-state index in [-0.39, 0.29) is 34.2 Å². The number of thioether (sulfide) groups is 1. The van der Waals surface area contributed by atoms with Crippen LogP contribution < -0.4 is 16.0 Å². The van der Waals surface area contributed by atoms with Crippen molar-refractivity contribution >= 4 is 29.3 Å².